The van der Waals surface area contributed by atoms with Crippen molar-refractivity contribution in [3.63, 3.8) is 0 Å². The number of aryl methyl sites for hydroxylation is 1. The second-order valence-corrected chi connectivity index (χ2v) is 7.09. The SMILES string of the molecule is CCCCNC(=O)c1ccccc1NC(=O)COc1cccc2c1CCCC2. The van der Waals surface area contributed by atoms with Crippen LogP contribution in [0.2, 0.25) is 0 Å². The zero-order valence-corrected chi connectivity index (χ0v) is 16.4. The summed E-state index contributed by atoms with van der Waals surface area (Å²) in [5, 5.41) is 5.69. The molecule has 0 atom stereocenters. The van der Waals surface area contributed by atoms with E-state index in [9.17, 15) is 9.59 Å². The number of para-hydroxylation sites is 1. The van der Waals surface area contributed by atoms with Gasteiger partial charge in [0.15, 0.2) is 6.61 Å². The molecule has 5 nitrogen and oxygen atoms in total. The van der Waals surface area contributed by atoms with Crippen molar-refractivity contribution in [2.45, 2.75) is 45.4 Å². The van der Waals surface area contributed by atoms with E-state index in [-0.39, 0.29) is 18.4 Å². The zero-order valence-electron chi connectivity index (χ0n) is 16.4. The fourth-order valence-electron chi connectivity index (χ4n) is 3.48. The van der Waals surface area contributed by atoms with Gasteiger partial charge in [0.1, 0.15) is 5.75 Å². The number of nitrogens with one attached hydrogen (secondary N) is 2. The number of fused-ring (bicyclic) bond motifs is 1. The first-order chi connectivity index (χ1) is 13.7. The minimum Gasteiger partial charge on any atom is -0.483 e. The Balaban J connectivity index is 1.61. The lowest BCUT2D eigenvalue weighted by Gasteiger charge is -2.19. The lowest BCUT2D eigenvalue weighted by Crippen LogP contribution is -2.27. The fourth-order valence-corrected chi connectivity index (χ4v) is 3.48. The van der Waals surface area contributed by atoms with Crippen molar-refractivity contribution in [3.8, 4) is 5.75 Å². The van der Waals surface area contributed by atoms with Crippen LogP contribution in [0.15, 0.2) is 42.5 Å². The molecule has 0 bridgehead atoms. The predicted molar refractivity (Wildman–Crippen MR) is 111 cm³/mol. The Kier molecular flexibility index (Phi) is 7.06. The first kappa shape index (κ1) is 19.9. The van der Waals surface area contributed by atoms with E-state index in [1.165, 1.54) is 17.5 Å². The largest absolute Gasteiger partial charge is 0.483 e. The van der Waals surface area contributed by atoms with Gasteiger partial charge in [-0.15, -0.1) is 0 Å². The highest BCUT2D eigenvalue weighted by atomic mass is 16.5. The van der Waals surface area contributed by atoms with Crippen LogP contribution in [-0.2, 0) is 17.6 Å². The molecule has 0 radical (unpaired) electrons. The first-order valence-corrected chi connectivity index (χ1v) is 10.1. The predicted octanol–water partition coefficient (Wildman–Crippen LogP) is 4.11. The molecule has 0 spiro atoms. The molecule has 0 fully saturated rings. The van der Waals surface area contributed by atoms with E-state index in [1.807, 2.05) is 12.1 Å². The van der Waals surface area contributed by atoms with Gasteiger partial charge in [0.05, 0.1) is 11.3 Å². The molecule has 2 N–H and O–H groups in total. The number of ether oxygens (including phenoxy) is 1. The summed E-state index contributed by atoms with van der Waals surface area (Å²) in [6.45, 7) is 2.62. The van der Waals surface area contributed by atoms with E-state index in [0.29, 0.717) is 17.8 Å². The third-order valence-corrected chi connectivity index (χ3v) is 4.97. The molecule has 0 aliphatic heterocycles. The lowest BCUT2D eigenvalue weighted by atomic mass is 9.91. The summed E-state index contributed by atoms with van der Waals surface area (Å²) in [6, 6.07) is 13.1. The number of hydrogen-bond acceptors (Lipinski definition) is 3. The quantitative estimate of drug-likeness (QED) is 0.677. The topological polar surface area (TPSA) is 67.4 Å². The Morgan fingerprint density at radius 1 is 1.04 bits per heavy atom. The average Bonchev–Trinajstić information content (AvgIpc) is 2.72. The highest BCUT2D eigenvalue weighted by molar-refractivity contribution is 6.04. The normalized spacial score (nSPS) is 12.8. The molecule has 3 rings (SSSR count). The van der Waals surface area contributed by atoms with Crippen LogP contribution >= 0.6 is 0 Å². The molecule has 0 heterocycles. The van der Waals surface area contributed by atoms with Crippen LogP contribution in [0.3, 0.4) is 0 Å². The zero-order chi connectivity index (χ0) is 19.8. The Hall–Kier alpha value is -2.82. The van der Waals surface area contributed by atoms with Crippen LogP contribution < -0.4 is 15.4 Å². The summed E-state index contributed by atoms with van der Waals surface area (Å²) in [5.41, 5.74) is 3.50. The van der Waals surface area contributed by atoms with Gasteiger partial charge < -0.3 is 15.4 Å². The summed E-state index contributed by atoms with van der Waals surface area (Å²) in [4.78, 5) is 24.8. The molecule has 0 aromatic heterocycles. The number of carbonyl (C=O) groups is 2. The maximum atomic E-state index is 12.4. The van der Waals surface area contributed by atoms with Crippen molar-refractivity contribution in [2.75, 3.05) is 18.5 Å². The molecule has 0 saturated heterocycles. The van der Waals surface area contributed by atoms with E-state index in [2.05, 4.69) is 23.6 Å². The van der Waals surface area contributed by atoms with Crippen LogP contribution in [0.25, 0.3) is 0 Å². The molecule has 2 aromatic carbocycles. The molecule has 0 saturated carbocycles. The Labute approximate surface area is 166 Å². The monoisotopic (exact) mass is 380 g/mol. The number of rotatable bonds is 8. The molecule has 1 aliphatic rings. The van der Waals surface area contributed by atoms with Crippen LogP contribution in [0.5, 0.6) is 5.75 Å². The Morgan fingerprint density at radius 3 is 2.71 bits per heavy atom. The molecule has 28 heavy (non-hydrogen) atoms. The van der Waals surface area contributed by atoms with Crippen LogP contribution in [0, 0.1) is 0 Å². The van der Waals surface area contributed by atoms with E-state index in [1.54, 1.807) is 24.3 Å². The van der Waals surface area contributed by atoms with Gasteiger partial charge in [-0.2, -0.15) is 0 Å². The van der Waals surface area contributed by atoms with E-state index < -0.39 is 0 Å². The Bertz CT molecular complexity index is 832. The van der Waals surface area contributed by atoms with Crippen molar-refractivity contribution in [3.05, 3.63) is 59.2 Å². The van der Waals surface area contributed by atoms with Crippen LogP contribution in [0.4, 0.5) is 5.69 Å². The van der Waals surface area contributed by atoms with Crippen molar-refractivity contribution in [1.29, 1.82) is 0 Å². The second-order valence-electron chi connectivity index (χ2n) is 7.09. The van der Waals surface area contributed by atoms with Crippen LogP contribution in [-0.4, -0.2) is 25.0 Å². The molecule has 5 heteroatoms. The number of amides is 2. The second kappa shape index (κ2) is 9.93. The van der Waals surface area contributed by atoms with Crippen molar-refractivity contribution in [2.24, 2.45) is 0 Å². The lowest BCUT2D eigenvalue weighted by molar-refractivity contribution is -0.118. The van der Waals surface area contributed by atoms with Crippen LogP contribution in [0.1, 0.15) is 54.1 Å². The summed E-state index contributed by atoms with van der Waals surface area (Å²) >= 11 is 0. The molecule has 1 aliphatic carbocycles. The van der Waals surface area contributed by atoms with E-state index in [4.69, 9.17) is 4.74 Å². The van der Waals surface area contributed by atoms with Gasteiger partial charge in [-0.3, -0.25) is 9.59 Å². The van der Waals surface area contributed by atoms with Gasteiger partial charge >= 0.3 is 0 Å². The molecule has 148 valence electrons. The van der Waals surface area contributed by atoms with E-state index >= 15 is 0 Å². The average molecular weight is 380 g/mol. The fraction of sp³-hybridized carbons (Fsp3) is 0.391. The summed E-state index contributed by atoms with van der Waals surface area (Å²) in [5.74, 6) is 0.336. The maximum Gasteiger partial charge on any atom is 0.262 e. The molecule has 0 unspecified atom stereocenters. The maximum absolute atomic E-state index is 12.4. The minimum atomic E-state index is -0.276. The van der Waals surface area contributed by atoms with Gasteiger partial charge in [0.2, 0.25) is 0 Å². The van der Waals surface area contributed by atoms with Gasteiger partial charge in [0.25, 0.3) is 11.8 Å². The van der Waals surface area contributed by atoms with E-state index in [0.717, 1.165) is 37.9 Å². The number of unbranched alkanes of at least 4 members (excludes halogenated alkanes) is 1. The van der Waals surface area contributed by atoms with Gasteiger partial charge in [-0.25, -0.2) is 0 Å². The molecular formula is C23H28N2O3. The molecule has 2 aromatic rings. The number of anilines is 1. The van der Waals surface area contributed by atoms with Gasteiger partial charge in [-0.05, 0) is 61.4 Å². The summed E-state index contributed by atoms with van der Waals surface area (Å²) < 4.78 is 5.81. The summed E-state index contributed by atoms with van der Waals surface area (Å²) in [6.07, 6.45) is 6.36. The van der Waals surface area contributed by atoms with Crippen molar-refractivity contribution < 1.29 is 14.3 Å². The smallest absolute Gasteiger partial charge is 0.262 e. The highest BCUT2D eigenvalue weighted by Crippen LogP contribution is 2.29. The number of carbonyl (C=O) groups excluding carboxylic acids is 2. The third kappa shape index (κ3) is 5.12. The third-order valence-electron chi connectivity index (χ3n) is 4.97. The minimum absolute atomic E-state index is 0.0811. The number of hydrogen-bond donors (Lipinski definition) is 2. The van der Waals surface area contributed by atoms with Crippen molar-refractivity contribution >= 4 is 17.5 Å². The Morgan fingerprint density at radius 2 is 1.86 bits per heavy atom. The highest BCUT2D eigenvalue weighted by Gasteiger charge is 2.16. The van der Waals surface area contributed by atoms with Gasteiger partial charge in [0, 0.05) is 6.54 Å². The molecule has 2 amide bonds. The summed E-state index contributed by atoms with van der Waals surface area (Å²) in [7, 11) is 0. The van der Waals surface area contributed by atoms with Crippen molar-refractivity contribution in [1.82, 2.24) is 5.32 Å². The first-order valence-electron chi connectivity index (χ1n) is 10.1. The van der Waals surface area contributed by atoms with Gasteiger partial charge in [-0.1, -0.05) is 37.6 Å². The molecular weight excluding hydrogens is 352 g/mol. The standard InChI is InChI=1S/C23H28N2O3/c1-2-3-15-24-23(27)19-12-6-7-13-20(19)25-22(26)16-28-21-14-8-10-17-9-4-5-11-18(17)21/h6-8,10,12-14H,2-5,9,11,15-16H2,1H3,(H,24,27)(H,25,26). The number of benzene rings is 2.